The maximum absolute atomic E-state index is 13.1. The molecule has 186 valence electrons. The van der Waals surface area contributed by atoms with Gasteiger partial charge in [0.15, 0.2) is 0 Å². The molecule has 7 nitrogen and oxygen atoms in total. The number of nitrogens with two attached hydrogens (primary N) is 1. The second kappa shape index (κ2) is 10.5. The number of nitrogens with one attached hydrogen (secondary N) is 1. The molecule has 36 heavy (non-hydrogen) atoms. The molecule has 0 aliphatic carbocycles. The van der Waals surface area contributed by atoms with Gasteiger partial charge < -0.3 is 19.9 Å². The Morgan fingerprint density at radius 1 is 1.08 bits per heavy atom. The second-order valence-electron chi connectivity index (χ2n) is 9.11. The minimum atomic E-state index is -0.162. The number of fused-ring (bicyclic) bond motifs is 1. The molecule has 3 heterocycles. The largest absolute Gasteiger partial charge is 0.404 e. The zero-order chi connectivity index (χ0) is 26.0. The zero-order valence-corrected chi connectivity index (χ0v) is 22.0. The molecular formula is C28H31N5O2S. The topological polar surface area (TPSA) is 98.2 Å². The van der Waals surface area contributed by atoms with E-state index < -0.39 is 0 Å². The van der Waals surface area contributed by atoms with Gasteiger partial charge in [0.2, 0.25) is 0 Å². The number of hydrogen-bond acceptors (Lipinski definition) is 5. The molecule has 1 aromatic carbocycles. The highest BCUT2D eigenvalue weighted by molar-refractivity contribution is 7.97. The maximum Gasteiger partial charge on any atom is 0.274 e. The lowest BCUT2D eigenvalue weighted by atomic mass is 9.94. The predicted octanol–water partition coefficient (Wildman–Crippen LogP) is 4.54. The normalized spacial score (nSPS) is 12.3. The number of nitrogens with zero attached hydrogens (tertiary/aromatic N) is 3. The minimum absolute atomic E-state index is 0.109. The number of pyridine rings is 2. The molecule has 0 saturated carbocycles. The van der Waals surface area contributed by atoms with E-state index in [2.05, 4.69) is 28.4 Å². The molecule has 0 radical (unpaired) electrons. The van der Waals surface area contributed by atoms with Gasteiger partial charge in [-0.15, -0.1) is 0 Å². The van der Waals surface area contributed by atoms with Crippen LogP contribution in [0.25, 0.3) is 38.7 Å². The fourth-order valence-electron chi connectivity index (χ4n) is 4.21. The molecule has 0 spiro atoms. The quantitative estimate of drug-likeness (QED) is 0.363. The fraction of sp³-hybridized carbons (Fsp3) is 0.250. The number of aryl methyl sites for hydroxylation is 2. The van der Waals surface area contributed by atoms with Crippen LogP contribution in [0.1, 0.15) is 25.1 Å². The van der Waals surface area contributed by atoms with E-state index in [0.717, 1.165) is 33.4 Å². The van der Waals surface area contributed by atoms with Crippen LogP contribution in [0.3, 0.4) is 0 Å². The van der Waals surface area contributed by atoms with Crippen LogP contribution in [0.4, 0.5) is 0 Å². The number of H-pyrrole nitrogens is 1. The van der Waals surface area contributed by atoms with Crippen molar-refractivity contribution in [2.45, 2.75) is 25.6 Å². The number of benzene rings is 1. The lowest BCUT2D eigenvalue weighted by Crippen LogP contribution is -2.18. The molecule has 0 atom stereocenters. The molecule has 3 N–H and O–H groups in total. The fourth-order valence-corrected chi connectivity index (χ4v) is 4.73. The zero-order valence-electron chi connectivity index (χ0n) is 21.2. The van der Waals surface area contributed by atoms with Crippen molar-refractivity contribution in [1.82, 2.24) is 14.1 Å². The molecule has 0 aliphatic rings. The standard InChI is InChI=1S/C28H31N5O2S/c1-17(2)30-13-20(12-29)25-10-22-24(15-33(4)28(35)27(22)31-25)21-11-26(34)32(3)14-23(21)19-8-6-7-18(9-19)16-36-5/h6-15,17,31H,16,29H2,1-5H3/b20-12+,30-13?. The Morgan fingerprint density at radius 3 is 2.53 bits per heavy atom. The van der Waals surface area contributed by atoms with Gasteiger partial charge in [0.1, 0.15) is 5.52 Å². The van der Waals surface area contributed by atoms with Gasteiger partial charge in [-0.3, -0.25) is 14.6 Å². The highest BCUT2D eigenvalue weighted by Crippen LogP contribution is 2.35. The van der Waals surface area contributed by atoms with Gasteiger partial charge in [-0.25, -0.2) is 0 Å². The molecule has 0 fully saturated rings. The summed E-state index contributed by atoms with van der Waals surface area (Å²) in [5, 5.41) is 0.722. The molecule has 8 heteroatoms. The van der Waals surface area contributed by atoms with Gasteiger partial charge in [-0.2, -0.15) is 11.8 Å². The summed E-state index contributed by atoms with van der Waals surface area (Å²) in [5.41, 5.74) is 12.1. The second-order valence-corrected chi connectivity index (χ2v) is 9.97. The summed E-state index contributed by atoms with van der Waals surface area (Å²) in [6, 6.07) is 12.0. The highest BCUT2D eigenvalue weighted by Gasteiger charge is 2.18. The molecule has 3 aromatic heterocycles. The van der Waals surface area contributed by atoms with Crippen LogP contribution >= 0.6 is 11.8 Å². The number of aromatic nitrogens is 3. The molecule has 0 aliphatic heterocycles. The summed E-state index contributed by atoms with van der Waals surface area (Å²) < 4.78 is 3.12. The number of rotatable bonds is 7. The summed E-state index contributed by atoms with van der Waals surface area (Å²) in [6.07, 6.45) is 8.91. The summed E-state index contributed by atoms with van der Waals surface area (Å²) in [5.74, 6) is 0.895. The lowest BCUT2D eigenvalue weighted by Gasteiger charge is -2.14. The molecule has 0 saturated heterocycles. The van der Waals surface area contributed by atoms with E-state index in [9.17, 15) is 9.59 Å². The molecular weight excluding hydrogens is 470 g/mol. The monoisotopic (exact) mass is 501 g/mol. The van der Waals surface area contributed by atoms with E-state index in [1.165, 1.54) is 16.3 Å². The average Bonchev–Trinajstić information content (AvgIpc) is 3.29. The van der Waals surface area contributed by atoms with Crippen molar-refractivity contribution in [3.63, 3.8) is 0 Å². The van der Waals surface area contributed by atoms with Gasteiger partial charge in [0.25, 0.3) is 11.1 Å². The van der Waals surface area contributed by atoms with E-state index in [4.69, 9.17) is 5.73 Å². The molecule has 4 rings (SSSR count). The maximum atomic E-state index is 13.1. The van der Waals surface area contributed by atoms with Gasteiger partial charge in [-0.1, -0.05) is 24.3 Å². The number of aliphatic imine (C=N–C) groups is 1. The van der Waals surface area contributed by atoms with E-state index in [1.54, 1.807) is 48.9 Å². The summed E-state index contributed by atoms with van der Waals surface area (Å²) in [7, 11) is 3.46. The van der Waals surface area contributed by atoms with E-state index in [0.29, 0.717) is 16.8 Å². The van der Waals surface area contributed by atoms with Crippen molar-refractivity contribution >= 4 is 34.5 Å². The molecule has 0 unspecified atom stereocenters. The average molecular weight is 502 g/mol. The van der Waals surface area contributed by atoms with Crippen LogP contribution in [-0.2, 0) is 19.8 Å². The number of allylic oxidation sites excluding steroid dienone is 1. The van der Waals surface area contributed by atoms with E-state index in [1.807, 2.05) is 38.2 Å². The van der Waals surface area contributed by atoms with Crippen LogP contribution in [0, 0.1) is 0 Å². The SMILES string of the molecule is CSCc1cccc(-c2cn(C)c(=O)cc2-c2cn(C)c(=O)c3[nH]c(/C(C=NC(C)C)=C/N)cc23)c1. The van der Waals surface area contributed by atoms with Crippen LogP contribution in [0.5, 0.6) is 0 Å². The van der Waals surface area contributed by atoms with E-state index >= 15 is 0 Å². The van der Waals surface area contributed by atoms with E-state index in [-0.39, 0.29) is 17.2 Å². The first-order chi connectivity index (χ1) is 17.2. The van der Waals surface area contributed by atoms with Gasteiger partial charge in [0.05, 0.1) is 0 Å². The molecule has 4 aromatic rings. The Labute approximate surface area is 214 Å². The lowest BCUT2D eigenvalue weighted by molar-refractivity contribution is 0.842. The first-order valence-corrected chi connectivity index (χ1v) is 13.1. The Balaban J connectivity index is 2.01. The van der Waals surface area contributed by atoms with Crippen molar-refractivity contribution in [2.75, 3.05) is 6.26 Å². The third kappa shape index (κ3) is 4.95. The van der Waals surface area contributed by atoms with Crippen molar-refractivity contribution in [3.05, 3.63) is 87.0 Å². The highest BCUT2D eigenvalue weighted by atomic mass is 32.2. The third-order valence-corrected chi connectivity index (χ3v) is 6.66. The van der Waals surface area contributed by atoms with Crippen LogP contribution in [0.15, 0.2) is 69.6 Å². The van der Waals surface area contributed by atoms with Crippen LogP contribution in [-0.4, -0.2) is 32.6 Å². The van der Waals surface area contributed by atoms with Crippen molar-refractivity contribution in [1.29, 1.82) is 0 Å². The molecule has 0 amide bonds. The van der Waals surface area contributed by atoms with Gasteiger partial charge in [0, 0.05) is 84.5 Å². The van der Waals surface area contributed by atoms with Crippen LogP contribution < -0.4 is 16.9 Å². The van der Waals surface area contributed by atoms with Crippen molar-refractivity contribution < 1.29 is 0 Å². The minimum Gasteiger partial charge on any atom is -0.404 e. The summed E-state index contributed by atoms with van der Waals surface area (Å²) >= 11 is 1.76. The van der Waals surface area contributed by atoms with Gasteiger partial charge >= 0.3 is 0 Å². The van der Waals surface area contributed by atoms with Crippen molar-refractivity contribution in [2.24, 2.45) is 24.8 Å². The third-order valence-electron chi connectivity index (χ3n) is 6.03. The van der Waals surface area contributed by atoms with Gasteiger partial charge in [-0.05, 0) is 42.9 Å². The number of aromatic amines is 1. The first-order valence-electron chi connectivity index (χ1n) is 11.7. The summed E-state index contributed by atoms with van der Waals surface area (Å²) in [6.45, 7) is 3.96. The summed E-state index contributed by atoms with van der Waals surface area (Å²) in [4.78, 5) is 33.6. The van der Waals surface area contributed by atoms with Crippen molar-refractivity contribution in [3.8, 4) is 22.3 Å². The Hall–Kier alpha value is -3.78. The molecule has 0 bridgehead atoms. The predicted molar refractivity (Wildman–Crippen MR) is 153 cm³/mol. The number of thioether (sulfide) groups is 1. The first kappa shape index (κ1) is 25.3. The Bertz CT molecular complexity index is 1600. The number of hydrogen-bond donors (Lipinski definition) is 2. The Morgan fingerprint density at radius 2 is 1.83 bits per heavy atom. The smallest absolute Gasteiger partial charge is 0.274 e. The Kier molecular flexibility index (Phi) is 7.35. The van der Waals surface area contributed by atoms with Crippen LogP contribution in [0.2, 0.25) is 0 Å².